The summed E-state index contributed by atoms with van der Waals surface area (Å²) in [5.41, 5.74) is 0. The monoisotopic (exact) mass is 340 g/mol. The van der Waals surface area contributed by atoms with Gasteiger partial charge >= 0.3 is 0 Å². The summed E-state index contributed by atoms with van der Waals surface area (Å²) < 4.78 is 0. The maximum absolute atomic E-state index is 2.38. The highest BCUT2D eigenvalue weighted by molar-refractivity contribution is 8.10. The van der Waals surface area contributed by atoms with Crippen LogP contribution in [0.3, 0.4) is 0 Å². The van der Waals surface area contributed by atoms with Crippen molar-refractivity contribution in [1.82, 2.24) is 0 Å². The van der Waals surface area contributed by atoms with Crippen molar-refractivity contribution < 1.29 is 0 Å². The maximum atomic E-state index is 2.38. The molecule has 0 saturated heterocycles. The molecular weight excluding hydrogens is 304 g/mol. The zero-order valence-corrected chi connectivity index (χ0v) is 16.5. The minimum Gasteiger partial charge on any atom is -0.129 e. The predicted molar refractivity (Wildman–Crippen MR) is 106 cm³/mol. The van der Waals surface area contributed by atoms with E-state index >= 15 is 0 Å². The van der Waals surface area contributed by atoms with Crippen LogP contribution in [0.5, 0.6) is 0 Å². The summed E-state index contributed by atoms with van der Waals surface area (Å²) >= 11 is 4.48. The lowest BCUT2D eigenvalue weighted by atomic mass is 9.91. The lowest BCUT2D eigenvalue weighted by Crippen LogP contribution is -2.14. The van der Waals surface area contributed by atoms with Crippen LogP contribution in [0, 0.1) is 11.8 Å². The average molecular weight is 341 g/mol. The zero-order chi connectivity index (χ0) is 15.6. The SMILES string of the molecule is CCCCC1CCCCCCCC(CCC)C2=C1SCCS2. The second kappa shape index (κ2) is 11.1. The van der Waals surface area contributed by atoms with Gasteiger partial charge in [-0.15, -0.1) is 23.5 Å². The van der Waals surface area contributed by atoms with Crippen LogP contribution in [0.1, 0.15) is 90.9 Å². The van der Waals surface area contributed by atoms with E-state index in [1.165, 1.54) is 88.6 Å². The van der Waals surface area contributed by atoms with Gasteiger partial charge in [-0.05, 0) is 47.3 Å². The Morgan fingerprint density at radius 1 is 0.727 bits per heavy atom. The molecule has 0 spiro atoms. The average Bonchev–Trinajstić information content (AvgIpc) is 2.58. The molecule has 22 heavy (non-hydrogen) atoms. The molecule has 2 unspecified atom stereocenters. The molecule has 0 saturated carbocycles. The lowest BCUT2D eigenvalue weighted by molar-refractivity contribution is 0.476. The second-order valence-electron chi connectivity index (χ2n) is 7.10. The second-order valence-corrected chi connectivity index (χ2v) is 9.37. The van der Waals surface area contributed by atoms with Crippen molar-refractivity contribution in [2.24, 2.45) is 11.8 Å². The lowest BCUT2D eigenvalue weighted by Gasteiger charge is -2.31. The molecule has 0 bridgehead atoms. The fourth-order valence-electron chi connectivity index (χ4n) is 4.01. The van der Waals surface area contributed by atoms with E-state index in [9.17, 15) is 0 Å². The maximum Gasteiger partial charge on any atom is 0.00716 e. The fraction of sp³-hybridized carbons (Fsp3) is 0.900. The molecule has 0 aromatic carbocycles. The Hall–Kier alpha value is 0.440. The largest absolute Gasteiger partial charge is 0.129 e. The Balaban J connectivity index is 2.21. The number of hydrogen-bond donors (Lipinski definition) is 0. The molecule has 2 aliphatic rings. The van der Waals surface area contributed by atoms with Gasteiger partial charge in [0, 0.05) is 11.5 Å². The molecule has 2 atom stereocenters. The van der Waals surface area contributed by atoms with Crippen LogP contribution in [-0.2, 0) is 0 Å². The molecule has 0 amide bonds. The van der Waals surface area contributed by atoms with Gasteiger partial charge < -0.3 is 0 Å². The first-order chi connectivity index (χ1) is 10.9. The van der Waals surface area contributed by atoms with Gasteiger partial charge in [-0.3, -0.25) is 0 Å². The van der Waals surface area contributed by atoms with Crippen molar-refractivity contribution in [3.05, 3.63) is 9.81 Å². The highest BCUT2D eigenvalue weighted by atomic mass is 32.2. The van der Waals surface area contributed by atoms with Crippen molar-refractivity contribution in [2.45, 2.75) is 90.9 Å². The topological polar surface area (TPSA) is 0 Å². The minimum atomic E-state index is 0.889. The van der Waals surface area contributed by atoms with Gasteiger partial charge in [0.05, 0.1) is 0 Å². The molecule has 0 fully saturated rings. The van der Waals surface area contributed by atoms with Crippen molar-refractivity contribution in [2.75, 3.05) is 11.5 Å². The van der Waals surface area contributed by atoms with E-state index in [1.807, 2.05) is 9.81 Å². The fourth-order valence-corrected chi connectivity index (χ4v) is 7.03. The van der Waals surface area contributed by atoms with Crippen LogP contribution >= 0.6 is 23.5 Å². The van der Waals surface area contributed by atoms with Gasteiger partial charge in [0.2, 0.25) is 0 Å². The van der Waals surface area contributed by atoms with Crippen LogP contribution in [0.4, 0.5) is 0 Å². The summed E-state index contributed by atoms with van der Waals surface area (Å²) in [6.45, 7) is 4.73. The van der Waals surface area contributed by atoms with Gasteiger partial charge in [-0.2, -0.15) is 0 Å². The third-order valence-electron chi connectivity index (χ3n) is 5.23. The first-order valence-corrected chi connectivity index (χ1v) is 11.8. The molecule has 0 aromatic rings. The van der Waals surface area contributed by atoms with Crippen molar-refractivity contribution in [3.8, 4) is 0 Å². The van der Waals surface area contributed by atoms with Crippen LogP contribution in [0.15, 0.2) is 9.81 Å². The number of unbranched alkanes of at least 4 members (excludes halogenated alkanes) is 1. The number of rotatable bonds is 5. The standard InChI is InChI=1S/C20H36S2/c1-3-5-12-18-14-10-8-6-7-9-13-17(11-4-2)19-20(18)22-16-15-21-19/h17-18H,3-16H2,1-2H3. The molecular formula is C20H36S2. The van der Waals surface area contributed by atoms with Gasteiger partial charge in [0.1, 0.15) is 0 Å². The summed E-state index contributed by atoms with van der Waals surface area (Å²) in [6, 6.07) is 0. The molecule has 2 heteroatoms. The third-order valence-corrected chi connectivity index (χ3v) is 8.16. The van der Waals surface area contributed by atoms with E-state index in [4.69, 9.17) is 0 Å². The van der Waals surface area contributed by atoms with Crippen molar-refractivity contribution in [1.29, 1.82) is 0 Å². The Morgan fingerprint density at radius 3 is 1.82 bits per heavy atom. The summed E-state index contributed by atoms with van der Waals surface area (Å²) in [7, 11) is 0. The first-order valence-electron chi connectivity index (χ1n) is 9.86. The van der Waals surface area contributed by atoms with Gasteiger partial charge in [0.15, 0.2) is 0 Å². The molecule has 1 heterocycles. The van der Waals surface area contributed by atoms with E-state index in [1.54, 1.807) is 0 Å². The van der Waals surface area contributed by atoms with Gasteiger partial charge in [0.25, 0.3) is 0 Å². The van der Waals surface area contributed by atoms with E-state index < -0.39 is 0 Å². The van der Waals surface area contributed by atoms with Gasteiger partial charge in [-0.25, -0.2) is 0 Å². The molecule has 0 N–H and O–H groups in total. The molecule has 0 nitrogen and oxygen atoms in total. The smallest absolute Gasteiger partial charge is 0.00716 e. The minimum absolute atomic E-state index is 0.889. The Kier molecular flexibility index (Phi) is 9.45. The van der Waals surface area contributed by atoms with Crippen LogP contribution in [-0.4, -0.2) is 11.5 Å². The van der Waals surface area contributed by atoms with Crippen LogP contribution < -0.4 is 0 Å². The highest BCUT2D eigenvalue weighted by Crippen LogP contribution is 2.47. The van der Waals surface area contributed by atoms with Crippen molar-refractivity contribution >= 4 is 23.5 Å². The Bertz CT molecular complexity index is 335. The van der Waals surface area contributed by atoms with Crippen LogP contribution in [0.25, 0.3) is 0 Å². The highest BCUT2D eigenvalue weighted by Gasteiger charge is 2.27. The molecule has 0 radical (unpaired) electrons. The third kappa shape index (κ3) is 5.82. The van der Waals surface area contributed by atoms with Crippen LogP contribution in [0.2, 0.25) is 0 Å². The van der Waals surface area contributed by atoms with E-state index in [0.717, 1.165) is 11.8 Å². The van der Waals surface area contributed by atoms with Gasteiger partial charge in [-0.1, -0.05) is 65.2 Å². The van der Waals surface area contributed by atoms with Crippen molar-refractivity contribution in [3.63, 3.8) is 0 Å². The molecule has 128 valence electrons. The summed E-state index contributed by atoms with van der Waals surface area (Å²) in [5, 5.41) is 0. The normalized spacial score (nSPS) is 28.1. The number of allylic oxidation sites excluding steroid dienone is 2. The number of hydrogen-bond acceptors (Lipinski definition) is 2. The Labute approximate surface area is 147 Å². The van der Waals surface area contributed by atoms with E-state index in [0.29, 0.717) is 0 Å². The Morgan fingerprint density at radius 2 is 1.27 bits per heavy atom. The quantitative estimate of drug-likeness (QED) is 0.504. The molecule has 1 aliphatic carbocycles. The number of thioether (sulfide) groups is 2. The summed E-state index contributed by atoms with van der Waals surface area (Å²) in [4.78, 5) is 3.70. The predicted octanol–water partition coefficient (Wildman–Crippen LogP) is 7.65. The zero-order valence-electron chi connectivity index (χ0n) is 14.9. The summed E-state index contributed by atoms with van der Waals surface area (Å²) in [5.74, 6) is 4.49. The molecule has 1 aliphatic heterocycles. The molecule has 2 rings (SSSR count). The molecule has 0 aromatic heterocycles. The first kappa shape index (κ1) is 18.8. The van der Waals surface area contributed by atoms with E-state index in [2.05, 4.69) is 37.4 Å². The van der Waals surface area contributed by atoms with E-state index in [-0.39, 0.29) is 0 Å². The summed E-state index contributed by atoms with van der Waals surface area (Å²) in [6.07, 6.45) is 17.3.